The molecular weight excluding hydrogens is 363 g/mol. The fourth-order valence-electron chi connectivity index (χ4n) is 2.51. The quantitative estimate of drug-likeness (QED) is 0.672. The lowest BCUT2D eigenvalue weighted by Crippen LogP contribution is -2.15. The summed E-state index contributed by atoms with van der Waals surface area (Å²) >= 11 is 0. The van der Waals surface area contributed by atoms with Crippen LogP contribution in [0, 0.1) is 12.7 Å². The summed E-state index contributed by atoms with van der Waals surface area (Å²) in [4.78, 5) is 21.0. The average Bonchev–Trinajstić information content (AvgIpc) is 2.69. The van der Waals surface area contributed by atoms with E-state index in [0.29, 0.717) is 28.6 Å². The average molecular weight is 382 g/mol. The lowest BCUT2D eigenvalue weighted by Gasteiger charge is -2.11. The van der Waals surface area contributed by atoms with E-state index in [1.165, 1.54) is 24.3 Å². The summed E-state index contributed by atoms with van der Waals surface area (Å²) in [7, 11) is 3.10. The van der Waals surface area contributed by atoms with Gasteiger partial charge in [-0.2, -0.15) is 0 Å². The highest BCUT2D eigenvalue weighted by Crippen LogP contribution is 2.30. The number of hydrogen-bond acceptors (Lipinski definition) is 6. The van der Waals surface area contributed by atoms with Crippen molar-refractivity contribution in [3.05, 3.63) is 65.7 Å². The number of nitrogens with zero attached hydrogens (tertiary/aromatic N) is 2. The van der Waals surface area contributed by atoms with E-state index < -0.39 is 5.91 Å². The number of carbonyl (C=O) groups excluding carboxylic acids is 1. The van der Waals surface area contributed by atoms with Gasteiger partial charge in [0.1, 0.15) is 11.5 Å². The normalized spacial score (nSPS) is 10.3. The highest BCUT2D eigenvalue weighted by atomic mass is 19.1. The van der Waals surface area contributed by atoms with Crippen molar-refractivity contribution >= 4 is 23.2 Å². The molecule has 0 aliphatic rings. The summed E-state index contributed by atoms with van der Waals surface area (Å²) in [6.07, 6.45) is 0. The van der Waals surface area contributed by atoms with Gasteiger partial charge in [-0.05, 0) is 49.4 Å². The van der Waals surface area contributed by atoms with Crippen LogP contribution in [0.3, 0.4) is 0 Å². The lowest BCUT2D eigenvalue weighted by atomic mass is 10.2. The molecular formula is C20H19FN4O3. The molecule has 0 spiro atoms. The number of rotatable bonds is 6. The van der Waals surface area contributed by atoms with E-state index in [1.54, 1.807) is 45.4 Å². The second kappa shape index (κ2) is 8.34. The van der Waals surface area contributed by atoms with E-state index in [0.717, 1.165) is 0 Å². The van der Waals surface area contributed by atoms with Crippen molar-refractivity contribution in [3.8, 4) is 11.5 Å². The molecule has 1 aromatic heterocycles. The molecule has 0 aliphatic heterocycles. The Morgan fingerprint density at radius 1 is 0.929 bits per heavy atom. The molecule has 2 aromatic carbocycles. The highest BCUT2D eigenvalue weighted by molar-refractivity contribution is 6.03. The maximum Gasteiger partial charge on any atom is 0.274 e. The van der Waals surface area contributed by atoms with Gasteiger partial charge >= 0.3 is 0 Å². The number of carbonyl (C=O) groups is 1. The number of methoxy groups -OCH3 is 2. The molecule has 8 heteroatoms. The first-order valence-electron chi connectivity index (χ1n) is 8.40. The van der Waals surface area contributed by atoms with E-state index in [9.17, 15) is 9.18 Å². The Hall–Kier alpha value is -3.68. The van der Waals surface area contributed by atoms with Gasteiger partial charge in [0.05, 0.1) is 14.2 Å². The monoisotopic (exact) mass is 382 g/mol. The van der Waals surface area contributed by atoms with E-state index in [2.05, 4.69) is 20.6 Å². The van der Waals surface area contributed by atoms with E-state index in [-0.39, 0.29) is 17.5 Å². The minimum absolute atomic E-state index is 0.180. The van der Waals surface area contributed by atoms with Crippen molar-refractivity contribution in [2.45, 2.75) is 6.92 Å². The van der Waals surface area contributed by atoms with Crippen LogP contribution in [0.5, 0.6) is 11.5 Å². The van der Waals surface area contributed by atoms with Crippen LogP contribution in [0.15, 0.2) is 48.5 Å². The number of aryl methyl sites for hydroxylation is 1. The summed E-state index contributed by atoms with van der Waals surface area (Å²) in [5.41, 5.74) is 1.94. The predicted octanol–water partition coefficient (Wildman–Crippen LogP) is 3.94. The van der Waals surface area contributed by atoms with Crippen LogP contribution in [-0.2, 0) is 0 Å². The molecule has 3 rings (SSSR count). The Morgan fingerprint density at radius 2 is 1.61 bits per heavy atom. The molecule has 0 aliphatic carbocycles. The molecule has 1 amide bonds. The molecule has 0 unspecified atom stereocenters. The third-order valence-electron chi connectivity index (χ3n) is 3.83. The largest absolute Gasteiger partial charge is 0.493 e. The highest BCUT2D eigenvalue weighted by Gasteiger charge is 2.12. The van der Waals surface area contributed by atoms with Gasteiger partial charge in [-0.1, -0.05) is 0 Å². The molecule has 144 valence electrons. The zero-order valence-electron chi connectivity index (χ0n) is 15.6. The molecule has 0 radical (unpaired) electrons. The molecule has 0 bridgehead atoms. The number of ether oxygens (including phenoxy) is 2. The second-order valence-corrected chi connectivity index (χ2v) is 5.87. The molecule has 0 fully saturated rings. The van der Waals surface area contributed by atoms with Crippen LogP contribution in [-0.4, -0.2) is 30.1 Å². The number of anilines is 3. The molecule has 1 heterocycles. The third-order valence-corrected chi connectivity index (χ3v) is 3.83. The van der Waals surface area contributed by atoms with E-state index >= 15 is 0 Å². The van der Waals surface area contributed by atoms with Gasteiger partial charge in [-0.15, -0.1) is 0 Å². The Bertz CT molecular complexity index is 993. The van der Waals surface area contributed by atoms with Crippen LogP contribution in [0.25, 0.3) is 0 Å². The fourth-order valence-corrected chi connectivity index (χ4v) is 2.51. The van der Waals surface area contributed by atoms with Gasteiger partial charge in [-0.3, -0.25) is 4.79 Å². The van der Waals surface area contributed by atoms with Crippen molar-refractivity contribution in [1.29, 1.82) is 0 Å². The summed E-state index contributed by atoms with van der Waals surface area (Å²) in [6.45, 7) is 1.76. The van der Waals surface area contributed by atoms with Gasteiger partial charge in [0.25, 0.3) is 5.91 Å². The van der Waals surface area contributed by atoms with Crippen molar-refractivity contribution < 1.29 is 18.7 Å². The molecule has 28 heavy (non-hydrogen) atoms. The molecule has 2 N–H and O–H groups in total. The first-order chi connectivity index (χ1) is 13.5. The Morgan fingerprint density at radius 3 is 2.29 bits per heavy atom. The van der Waals surface area contributed by atoms with Crippen molar-refractivity contribution in [1.82, 2.24) is 9.97 Å². The van der Waals surface area contributed by atoms with E-state index in [4.69, 9.17) is 9.47 Å². The maximum atomic E-state index is 13.0. The molecule has 0 saturated heterocycles. The molecule has 0 atom stereocenters. The minimum atomic E-state index is -0.424. The van der Waals surface area contributed by atoms with Gasteiger partial charge in [0.2, 0.25) is 5.95 Å². The minimum Gasteiger partial charge on any atom is -0.493 e. The van der Waals surface area contributed by atoms with Crippen LogP contribution < -0.4 is 20.1 Å². The van der Waals surface area contributed by atoms with Gasteiger partial charge in [-0.25, -0.2) is 14.4 Å². The van der Waals surface area contributed by atoms with Crippen molar-refractivity contribution in [2.24, 2.45) is 0 Å². The van der Waals surface area contributed by atoms with Gasteiger partial charge < -0.3 is 20.1 Å². The van der Waals surface area contributed by atoms with Crippen LogP contribution in [0.2, 0.25) is 0 Å². The Kier molecular flexibility index (Phi) is 5.69. The summed E-state index contributed by atoms with van der Waals surface area (Å²) in [5.74, 6) is 0.605. The second-order valence-electron chi connectivity index (χ2n) is 5.87. The zero-order valence-corrected chi connectivity index (χ0v) is 15.6. The summed E-state index contributed by atoms with van der Waals surface area (Å²) < 4.78 is 23.5. The maximum absolute atomic E-state index is 13.0. The topological polar surface area (TPSA) is 85.4 Å². The lowest BCUT2D eigenvalue weighted by molar-refractivity contribution is 0.102. The summed E-state index contributed by atoms with van der Waals surface area (Å²) in [5, 5.41) is 5.73. The van der Waals surface area contributed by atoms with Crippen LogP contribution >= 0.6 is 0 Å². The molecule has 0 saturated carbocycles. The first kappa shape index (κ1) is 19.1. The third kappa shape index (κ3) is 4.53. The van der Waals surface area contributed by atoms with Crippen LogP contribution in [0.1, 0.15) is 16.2 Å². The Labute approximate surface area is 161 Å². The summed E-state index contributed by atoms with van der Waals surface area (Å²) in [6, 6.07) is 12.3. The SMILES string of the molecule is COc1ccc(Nc2nc(C)cc(C(=O)Nc3ccc(F)cc3)n2)cc1OC. The number of amides is 1. The van der Waals surface area contributed by atoms with Crippen LogP contribution in [0.4, 0.5) is 21.7 Å². The van der Waals surface area contributed by atoms with Gasteiger partial charge in [0, 0.05) is 23.1 Å². The zero-order chi connectivity index (χ0) is 20.1. The number of benzene rings is 2. The van der Waals surface area contributed by atoms with E-state index in [1.807, 2.05) is 0 Å². The molecule has 7 nitrogen and oxygen atoms in total. The number of hydrogen-bond donors (Lipinski definition) is 2. The Balaban J connectivity index is 1.81. The first-order valence-corrected chi connectivity index (χ1v) is 8.40. The number of aromatic nitrogens is 2. The number of nitrogens with one attached hydrogen (secondary N) is 2. The standard InChI is InChI=1S/C20H19FN4O3/c1-12-10-16(19(26)23-14-6-4-13(21)5-7-14)25-20(22-12)24-15-8-9-17(27-2)18(11-15)28-3/h4-11H,1-3H3,(H,23,26)(H,22,24,25). The smallest absolute Gasteiger partial charge is 0.274 e. The number of halogens is 1. The molecule has 3 aromatic rings. The van der Waals surface area contributed by atoms with Crippen molar-refractivity contribution in [3.63, 3.8) is 0 Å². The predicted molar refractivity (Wildman–Crippen MR) is 104 cm³/mol. The fraction of sp³-hybridized carbons (Fsp3) is 0.150. The van der Waals surface area contributed by atoms with Crippen molar-refractivity contribution in [2.75, 3.05) is 24.9 Å². The van der Waals surface area contributed by atoms with Gasteiger partial charge in [0.15, 0.2) is 11.5 Å².